The van der Waals surface area contributed by atoms with Gasteiger partial charge in [-0.2, -0.15) is 10.2 Å². The summed E-state index contributed by atoms with van der Waals surface area (Å²) in [7, 11) is 0. The zero-order valence-corrected chi connectivity index (χ0v) is 23.5. The van der Waals surface area contributed by atoms with E-state index in [1.54, 1.807) is 41.5 Å². The first kappa shape index (κ1) is 27.2. The number of aromatic nitrogens is 5. The Labute approximate surface area is 242 Å². The van der Waals surface area contributed by atoms with Gasteiger partial charge in [0, 0.05) is 48.1 Å². The van der Waals surface area contributed by atoms with Crippen LogP contribution in [0.3, 0.4) is 0 Å². The van der Waals surface area contributed by atoms with Crippen molar-refractivity contribution in [1.82, 2.24) is 30.3 Å². The van der Waals surface area contributed by atoms with E-state index in [2.05, 4.69) is 64.0 Å². The minimum Gasteiger partial charge on any atom is -0.457 e. The molecular formula is C31H31FN8O2. The summed E-state index contributed by atoms with van der Waals surface area (Å²) in [5.41, 5.74) is 5.39. The van der Waals surface area contributed by atoms with Crippen LogP contribution in [-0.4, -0.2) is 37.5 Å². The summed E-state index contributed by atoms with van der Waals surface area (Å²) in [6, 6.07) is 15.1. The SMILES string of the molecule is CC(C)(C)c1cc(NC(=O)Nc2ccc(Oc3ccnc(-c4cn[nH]c4)c3)cc2F)n(-c2ccc3c(c2)CNCC3)n1. The molecule has 4 heterocycles. The van der Waals surface area contributed by atoms with Crippen molar-refractivity contribution in [3.05, 3.63) is 95.8 Å². The van der Waals surface area contributed by atoms with Crippen LogP contribution in [0.2, 0.25) is 0 Å². The molecule has 10 nitrogen and oxygen atoms in total. The molecule has 42 heavy (non-hydrogen) atoms. The highest BCUT2D eigenvalue weighted by molar-refractivity contribution is 5.99. The van der Waals surface area contributed by atoms with E-state index >= 15 is 4.39 Å². The summed E-state index contributed by atoms with van der Waals surface area (Å²) in [5, 5.41) is 20.3. The zero-order chi connectivity index (χ0) is 29.3. The average Bonchev–Trinajstić information content (AvgIpc) is 3.65. The van der Waals surface area contributed by atoms with E-state index in [1.165, 1.54) is 23.3 Å². The van der Waals surface area contributed by atoms with Gasteiger partial charge in [0.15, 0.2) is 0 Å². The number of amides is 2. The van der Waals surface area contributed by atoms with Gasteiger partial charge in [-0.25, -0.2) is 13.9 Å². The minimum atomic E-state index is -0.641. The van der Waals surface area contributed by atoms with Gasteiger partial charge in [-0.05, 0) is 54.4 Å². The number of ether oxygens (including phenoxy) is 1. The van der Waals surface area contributed by atoms with Crippen molar-refractivity contribution in [3.63, 3.8) is 0 Å². The van der Waals surface area contributed by atoms with Crippen molar-refractivity contribution in [1.29, 1.82) is 0 Å². The summed E-state index contributed by atoms with van der Waals surface area (Å²) < 4.78 is 22.6. The molecule has 0 aliphatic carbocycles. The standard InChI is InChI=1S/C31H31FN8O2/c1-31(2,3)28-15-29(40(39-28)22-5-4-19-8-10-33-16-20(19)12-22)38-30(41)37-26-7-6-23(13-25(26)32)42-24-9-11-34-27(14-24)21-17-35-36-18-21/h4-7,9,11-15,17-18,33H,8,10,16H2,1-3H3,(H,35,36)(H2,37,38,41). The molecule has 0 saturated carbocycles. The van der Waals surface area contributed by atoms with Gasteiger partial charge in [0.1, 0.15) is 23.1 Å². The summed E-state index contributed by atoms with van der Waals surface area (Å²) >= 11 is 0. The van der Waals surface area contributed by atoms with Crippen LogP contribution in [0.4, 0.5) is 20.7 Å². The van der Waals surface area contributed by atoms with Gasteiger partial charge in [0.05, 0.1) is 29.0 Å². The zero-order valence-electron chi connectivity index (χ0n) is 23.5. The van der Waals surface area contributed by atoms with Crippen LogP contribution in [0, 0.1) is 5.82 Å². The average molecular weight is 567 g/mol. The Balaban J connectivity index is 1.18. The lowest BCUT2D eigenvalue weighted by Gasteiger charge is -2.18. The molecule has 0 radical (unpaired) electrons. The van der Waals surface area contributed by atoms with Crippen LogP contribution in [0.1, 0.15) is 37.6 Å². The lowest BCUT2D eigenvalue weighted by atomic mass is 9.92. The topological polar surface area (TPSA) is 122 Å². The number of pyridine rings is 1. The fraction of sp³-hybridized carbons (Fsp3) is 0.226. The van der Waals surface area contributed by atoms with Crippen LogP contribution < -0.4 is 20.7 Å². The van der Waals surface area contributed by atoms with Crippen LogP contribution in [-0.2, 0) is 18.4 Å². The van der Waals surface area contributed by atoms with E-state index in [-0.39, 0.29) is 16.9 Å². The summed E-state index contributed by atoms with van der Waals surface area (Å²) in [4.78, 5) is 17.4. The first-order chi connectivity index (χ1) is 20.2. The number of hydrogen-bond acceptors (Lipinski definition) is 6. The van der Waals surface area contributed by atoms with Gasteiger partial charge in [-0.1, -0.05) is 26.8 Å². The van der Waals surface area contributed by atoms with Crippen LogP contribution >= 0.6 is 0 Å². The van der Waals surface area contributed by atoms with Crippen molar-refractivity contribution in [2.24, 2.45) is 0 Å². The maximum absolute atomic E-state index is 15.0. The monoisotopic (exact) mass is 566 g/mol. The van der Waals surface area contributed by atoms with E-state index in [0.29, 0.717) is 17.3 Å². The van der Waals surface area contributed by atoms with Gasteiger partial charge in [0.25, 0.3) is 0 Å². The second-order valence-corrected chi connectivity index (χ2v) is 11.1. The highest BCUT2D eigenvalue weighted by Crippen LogP contribution is 2.30. The van der Waals surface area contributed by atoms with Crippen LogP contribution in [0.15, 0.2) is 73.2 Å². The first-order valence-corrected chi connectivity index (χ1v) is 13.7. The van der Waals surface area contributed by atoms with Gasteiger partial charge in [-0.15, -0.1) is 0 Å². The molecule has 0 bridgehead atoms. The summed E-state index contributed by atoms with van der Waals surface area (Å²) in [6.07, 6.45) is 5.95. The van der Waals surface area contributed by atoms with E-state index in [1.807, 2.05) is 12.1 Å². The molecule has 6 rings (SSSR count). The number of nitrogens with one attached hydrogen (secondary N) is 4. The molecule has 0 atom stereocenters. The van der Waals surface area contributed by atoms with E-state index < -0.39 is 11.8 Å². The second kappa shape index (κ2) is 11.1. The van der Waals surface area contributed by atoms with Crippen molar-refractivity contribution in [2.45, 2.75) is 39.2 Å². The normalized spacial score (nSPS) is 13.0. The molecule has 4 N–H and O–H groups in total. The largest absolute Gasteiger partial charge is 0.457 e. The number of nitrogens with zero attached hydrogens (tertiary/aromatic N) is 4. The Hall–Kier alpha value is -5.03. The number of carbonyl (C=O) groups excluding carboxylic acids is 1. The Morgan fingerprint density at radius 1 is 1.02 bits per heavy atom. The third kappa shape index (κ3) is 5.86. The number of H-pyrrole nitrogens is 1. The number of anilines is 2. The third-order valence-corrected chi connectivity index (χ3v) is 6.99. The maximum atomic E-state index is 15.0. The first-order valence-electron chi connectivity index (χ1n) is 13.7. The van der Waals surface area contributed by atoms with Crippen molar-refractivity contribution in [3.8, 4) is 28.4 Å². The Kier molecular flexibility index (Phi) is 7.17. The molecule has 5 aromatic rings. The quantitative estimate of drug-likeness (QED) is 0.195. The molecule has 0 saturated heterocycles. The highest BCUT2D eigenvalue weighted by atomic mass is 19.1. The Morgan fingerprint density at radius 2 is 1.88 bits per heavy atom. The molecule has 1 aliphatic heterocycles. The third-order valence-electron chi connectivity index (χ3n) is 6.99. The number of urea groups is 1. The van der Waals surface area contributed by atoms with Gasteiger partial charge in [0.2, 0.25) is 0 Å². The van der Waals surface area contributed by atoms with Crippen molar-refractivity contribution in [2.75, 3.05) is 17.2 Å². The minimum absolute atomic E-state index is 0.00984. The van der Waals surface area contributed by atoms with Crippen LogP contribution in [0.25, 0.3) is 16.9 Å². The lowest BCUT2D eigenvalue weighted by Crippen LogP contribution is -2.24. The molecular weight excluding hydrogens is 535 g/mol. The van der Waals surface area contributed by atoms with Gasteiger partial charge >= 0.3 is 6.03 Å². The number of halogens is 1. The molecule has 11 heteroatoms. The number of hydrogen-bond donors (Lipinski definition) is 4. The number of fused-ring (bicyclic) bond motifs is 1. The van der Waals surface area contributed by atoms with E-state index in [4.69, 9.17) is 9.84 Å². The molecule has 0 spiro atoms. The fourth-order valence-corrected chi connectivity index (χ4v) is 4.72. The number of benzene rings is 2. The fourth-order valence-electron chi connectivity index (χ4n) is 4.72. The number of carbonyl (C=O) groups is 1. The van der Waals surface area contributed by atoms with E-state index in [9.17, 15) is 4.79 Å². The van der Waals surface area contributed by atoms with Crippen LogP contribution in [0.5, 0.6) is 11.5 Å². The van der Waals surface area contributed by atoms with Crippen molar-refractivity contribution >= 4 is 17.5 Å². The smallest absolute Gasteiger partial charge is 0.324 e. The molecule has 0 fully saturated rings. The predicted molar refractivity (Wildman–Crippen MR) is 159 cm³/mol. The van der Waals surface area contributed by atoms with Gasteiger partial charge in [-0.3, -0.25) is 15.4 Å². The van der Waals surface area contributed by atoms with Gasteiger partial charge < -0.3 is 15.4 Å². The number of aromatic amines is 1. The number of rotatable bonds is 6. The van der Waals surface area contributed by atoms with Crippen molar-refractivity contribution < 1.29 is 13.9 Å². The lowest BCUT2D eigenvalue weighted by molar-refractivity contribution is 0.262. The Morgan fingerprint density at radius 3 is 2.67 bits per heavy atom. The second-order valence-electron chi connectivity index (χ2n) is 11.1. The summed E-state index contributed by atoms with van der Waals surface area (Å²) in [5.74, 6) is 0.600. The maximum Gasteiger partial charge on any atom is 0.324 e. The summed E-state index contributed by atoms with van der Waals surface area (Å²) in [6.45, 7) is 7.91. The molecule has 3 aromatic heterocycles. The molecule has 2 amide bonds. The molecule has 214 valence electrons. The molecule has 0 unspecified atom stereocenters. The highest BCUT2D eigenvalue weighted by Gasteiger charge is 2.22. The predicted octanol–water partition coefficient (Wildman–Crippen LogP) is 6.18. The molecule has 1 aliphatic rings. The molecule has 2 aromatic carbocycles. The van der Waals surface area contributed by atoms with E-state index in [0.717, 1.165) is 36.5 Å². The Bertz CT molecular complexity index is 1740.